The van der Waals surface area contributed by atoms with E-state index in [-0.39, 0.29) is 12.0 Å². The van der Waals surface area contributed by atoms with E-state index in [0.717, 1.165) is 0 Å². The first-order valence-electron chi connectivity index (χ1n) is 2.73. The zero-order valence-electron chi connectivity index (χ0n) is 5.31. The maximum absolute atomic E-state index is 11.4. The van der Waals surface area contributed by atoms with Crippen LogP contribution in [0.5, 0.6) is 0 Å². The van der Waals surface area contributed by atoms with Crippen LogP contribution in [0.2, 0.25) is 0 Å². The van der Waals surface area contributed by atoms with Gasteiger partial charge >= 0.3 is 5.97 Å². The van der Waals surface area contributed by atoms with E-state index in [0.29, 0.717) is 0 Å². The summed E-state index contributed by atoms with van der Waals surface area (Å²) in [5, 5.41) is 8.15. The summed E-state index contributed by atoms with van der Waals surface area (Å²) < 4.78 is 22.8. The van der Waals surface area contributed by atoms with Crippen LogP contribution in [0.25, 0.3) is 0 Å². The molecule has 58 valence electrons. The van der Waals surface area contributed by atoms with E-state index in [9.17, 15) is 13.6 Å². The molecule has 0 saturated carbocycles. The van der Waals surface area contributed by atoms with Gasteiger partial charge in [-0.3, -0.25) is 0 Å². The standard InChI is InChI=1S/C6H8F2O2/c1-4(6(9)10)2-3-5(7)8/h5H,1-3H2,(H,9,10). The van der Waals surface area contributed by atoms with Crippen LogP contribution in [0.3, 0.4) is 0 Å². The predicted molar refractivity (Wildman–Crippen MR) is 32.0 cm³/mol. The quantitative estimate of drug-likeness (QED) is 0.619. The van der Waals surface area contributed by atoms with Crippen LogP contribution in [-0.4, -0.2) is 17.5 Å². The summed E-state index contributed by atoms with van der Waals surface area (Å²) in [5.41, 5.74) is -0.166. The van der Waals surface area contributed by atoms with Crippen LogP contribution < -0.4 is 0 Å². The van der Waals surface area contributed by atoms with Gasteiger partial charge in [-0.1, -0.05) is 6.58 Å². The minimum atomic E-state index is -2.45. The molecule has 0 bridgehead atoms. The van der Waals surface area contributed by atoms with E-state index >= 15 is 0 Å². The molecule has 0 aromatic rings. The lowest BCUT2D eigenvalue weighted by molar-refractivity contribution is -0.132. The first-order chi connectivity index (χ1) is 4.54. The van der Waals surface area contributed by atoms with Gasteiger partial charge in [0.2, 0.25) is 6.43 Å². The number of rotatable bonds is 4. The van der Waals surface area contributed by atoms with E-state index in [4.69, 9.17) is 5.11 Å². The smallest absolute Gasteiger partial charge is 0.330 e. The van der Waals surface area contributed by atoms with Crippen LogP contribution in [0.4, 0.5) is 8.78 Å². The van der Waals surface area contributed by atoms with E-state index in [2.05, 4.69) is 6.58 Å². The van der Waals surface area contributed by atoms with E-state index < -0.39 is 18.8 Å². The largest absolute Gasteiger partial charge is 0.478 e. The van der Waals surface area contributed by atoms with Crippen molar-refractivity contribution >= 4 is 5.97 Å². The number of hydrogen-bond donors (Lipinski definition) is 1. The van der Waals surface area contributed by atoms with Gasteiger partial charge in [0.1, 0.15) is 0 Å². The maximum Gasteiger partial charge on any atom is 0.330 e. The van der Waals surface area contributed by atoms with Gasteiger partial charge < -0.3 is 5.11 Å². The average Bonchev–Trinajstić information content (AvgIpc) is 1.82. The lowest BCUT2D eigenvalue weighted by atomic mass is 10.2. The molecule has 0 unspecified atom stereocenters. The van der Waals surface area contributed by atoms with Crippen molar-refractivity contribution in [2.75, 3.05) is 0 Å². The monoisotopic (exact) mass is 150 g/mol. The number of carboxylic acid groups (broad SMARTS) is 1. The normalized spacial score (nSPS) is 9.90. The van der Waals surface area contributed by atoms with E-state index in [1.54, 1.807) is 0 Å². The Morgan fingerprint density at radius 2 is 2.10 bits per heavy atom. The van der Waals surface area contributed by atoms with Crippen molar-refractivity contribution in [3.8, 4) is 0 Å². The molecule has 0 heterocycles. The summed E-state index contributed by atoms with van der Waals surface area (Å²) in [4.78, 5) is 9.97. The van der Waals surface area contributed by atoms with Crippen molar-refractivity contribution in [2.45, 2.75) is 19.3 Å². The molecule has 0 fully saturated rings. The fourth-order valence-electron chi connectivity index (χ4n) is 0.390. The maximum atomic E-state index is 11.4. The Labute approximate surface area is 57.2 Å². The summed E-state index contributed by atoms with van der Waals surface area (Å²) >= 11 is 0. The highest BCUT2D eigenvalue weighted by Crippen LogP contribution is 2.08. The minimum absolute atomic E-state index is 0.146. The van der Waals surface area contributed by atoms with Crippen molar-refractivity contribution in [2.24, 2.45) is 0 Å². The molecule has 0 saturated heterocycles. The molecule has 0 aliphatic rings. The Balaban J connectivity index is 3.50. The first kappa shape index (κ1) is 9.07. The zero-order chi connectivity index (χ0) is 8.15. The highest BCUT2D eigenvalue weighted by atomic mass is 19.3. The molecule has 0 amide bonds. The van der Waals surface area contributed by atoms with Gasteiger partial charge in [0.05, 0.1) is 0 Å². The Hall–Kier alpha value is -0.930. The number of alkyl halides is 2. The molecule has 10 heavy (non-hydrogen) atoms. The summed E-state index contributed by atoms with van der Waals surface area (Å²) in [6.07, 6.45) is -3.02. The van der Waals surface area contributed by atoms with Crippen molar-refractivity contribution in [1.29, 1.82) is 0 Å². The topological polar surface area (TPSA) is 37.3 Å². The van der Waals surface area contributed by atoms with Gasteiger partial charge in [0.15, 0.2) is 0 Å². The second kappa shape index (κ2) is 3.98. The molecule has 0 atom stereocenters. The van der Waals surface area contributed by atoms with E-state index in [1.807, 2.05) is 0 Å². The first-order valence-corrected chi connectivity index (χ1v) is 2.73. The van der Waals surface area contributed by atoms with Gasteiger partial charge in [-0.15, -0.1) is 0 Å². The highest BCUT2D eigenvalue weighted by Gasteiger charge is 2.07. The van der Waals surface area contributed by atoms with Gasteiger partial charge in [-0.25, -0.2) is 13.6 Å². The molecule has 2 nitrogen and oxygen atoms in total. The van der Waals surface area contributed by atoms with Crippen LogP contribution in [-0.2, 0) is 4.79 Å². The van der Waals surface area contributed by atoms with Crippen molar-refractivity contribution in [3.63, 3.8) is 0 Å². The van der Waals surface area contributed by atoms with Crippen LogP contribution >= 0.6 is 0 Å². The number of aliphatic carboxylic acids is 1. The molecule has 1 N–H and O–H groups in total. The molecule has 4 heteroatoms. The minimum Gasteiger partial charge on any atom is -0.478 e. The zero-order valence-corrected chi connectivity index (χ0v) is 5.31. The van der Waals surface area contributed by atoms with Crippen molar-refractivity contribution < 1.29 is 18.7 Å². The summed E-state index contributed by atoms with van der Waals surface area (Å²) in [6.45, 7) is 3.09. The number of halogens is 2. The van der Waals surface area contributed by atoms with Crippen LogP contribution in [0.1, 0.15) is 12.8 Å². The molecule has 0 aliphatic heterocycles. The Kier molecular flexibility index (Phi) is 3.61. The molecule has 0 aromatic carbocycles. The predicted octanol–water partition coefficient (Wildman–Crippen LogP) is 1.67. The summed E-state index contributed by atoms with van der Waals surface area (Å²) in [5.74, 6) is -1.21. The third kappa shape index (κ3) is 4.00. The Bertz CT molecular complexity index is 143. The van der Waals surface area contributed by atoms with Gasteiger partial charge in [-0.2, -0.15) is 0 Å². The summed E-state index contributed by atoms with van der Waals surface area (Å²) in [7, 11) is 0. The third-order valence-electron chi connectivity index (χ3n) is 0.967. The van der Waals surface area contributed by atoms with Gasteiger partial charge in [0, 0.05) is 12.0 Å². The number of hydrogen-bond acceptors (Lipinski definition) is 1. The fourth-order valence-corrected chi connectivity index (χ4v) is 0.390. The molecular formula is C6H8F2O2. The van der Waals surface area contributed by atoms with E-state index in [1.165, 1.54) is 0 Å². The molecular weight excluding hydrogens is 142 g/mol. The lowest BCUT2D eigenvalue weighted by Crippen LogP contribution is -2.01. The number of carbonyl (C=O) groups is 1. The average molecular weight is 150 g/mol. The Morgan fingerprint density at radius 3 is 2.40 bits per heavy atom. The van der Waals surface area contributed by atoms with Crippen molar-refractivity contribution in [3.05, 3.63) is 12.2 Å². The third-order valence-corrected chi connectivity index (χ3v) is 0.967. The van der Waals surface area contributed by atoms with Gasteiger partial charge in [-0.05, 0) is 6.42 Å². The van der Waals surface area contributed by atoms with Crippen LogP contribution in [0, 0.1) is 0 Å². The van der Waals surface area contributed by atoms with Gasteiger partial charge in [0.25, 0.3) is 0 Å². The molecule has 0 radical (unpaired) electrons. The Morgan fingerprint density at radius 1 is 1.60 bits per heavy atom. The molecule has 0 aromatic heterocycles. The molecule has 0 spiro atoms. The van der Waals surface area contributed by atoms with Crippen LogP contribution in [0.15, 0.2) is 12.2 Å². The SMILES string of the molecule is C=C(CCC(F)F)C(=O)O. The van der Waals surface area contributed by atoms with Crippen molar-refractivity contribution in [1.82, 2.24) is 0 Å². The summed E-state index contributed by atoms with van der Waals surface area (Å²) in [6, 6.07) is 0. The highest BCUT2D eigenvalue weighted by molar-refractivity contribution is 5.85. The second-order valence-electron chi connectivity index (χ2n) is 1.84. The second-order valence-corrected chi connectivity index (χ2v) is 1.84. The molecule has 0 aliphatic carbocycles. The lowest BCUT2D eigenvalue weighted by Gasteiger charge is -1.97. The molecule has 0 rings (SSSR count). The number of carboxylic acids is 1. The fraction of sp³-hybridized carbons (Fsp3) is 0.500.